The minimum Gasteiger partial charge on any atom is -0.365 e. The van der Waals surface area contributed by atoms with Crippen molar-refractivity contribution in [3.8, 4) is 0 Å². The zero-order valence-electron chi connectivity index (χ0n) is 14.3. The third-order valence-corrected chi connectivity index (χ3v) is 4.98. The molecule has 1 heterocycles. The van der Waals surface area contributed by atoms with Crippen LogP contribution in [0.15, 0.2) is 0 Å². The lowest BCUT2D eigenvalue weighted by molar-refractivity contribution is -0.148. The smallest absolute Gasteiger partial charge is 0.251 e. The maximum Gasteiger partial charge on any atom is 0.251 e. The first kappa shape index (κ1) is 19.7. The van der Waals surface area contributed by atoms with Crippen LogP contribution in [0.2, 0.25) is 0 Å². The average molecular weight is 333 g/mol. The molecule has 1 aliphatic heterocycles. The molecule has 0 aromatic carbocycles. The van der Waals surface area contributed by atoms with Crippen molar-refractivity contribution in [3.63, 3.8) is 0 Å². The molecule has 130 valence electrons. The van der Waals surface area contributed by atoms with Gasteiger partial charge in [-0.15, -0.1) is 12.4 Å². The van der Waals surface area contributed by atoms with Crippen molar-refractivity contribution in [2.75, 3.05) is 26.7 Å². The number of nitrogens with one attached hydrogen (secondary N) is 1. The van der Waals surface area contributed by atoms with E-state index in [0.717, 1.165) is 51.2 Å². The van der Waals surface area contributed by atoms with E-state index >= 15 is 0 Å². The van der Waals surface area contributed by atoms with Crippen LogP contribution in [0.25, 0.3) is 0 Å². The number of carbonyl (C=O) groups excluding carboxylic acids is 1. The lowest BCUT2D eigenvalue weighted by Crippen LogP contribution is -2.41. The molecule has 2 rings (SSSR count). The Labute approximate surface area is 141 Å². The Morgan fingerprint density at radius 1 is 1.36 bits per heavy atom. The molecule has 0 radical (unpaired) electrons. The summed E-state index contributed by atoms with van der Waals surface area (Å²) in [6.45, 7) is 7.14. The summed E-state index contributed by atoms with van der Waals surface area (Å²) in [5.41, 5.74) is 0. The van der Waals surface area contributed by atoms with E-state index in [1.165, 1.54) is 12.8 Å². The van der Waals surface area contributed by atoms with Crippen LogP contribution in [-0.2, 0) is 9.53 Å². The molecule has 4 unspecified atom stereocenters. The highest BCUT2D eigenvalue weighted by atomic mass is 35.5. The molecule has 1 saturated carbocycles. The topological polar surface area (TPSA) is 41.6 Å². The maximum absolute atomic E-state index is 12.7. The van der Waals surface area contributed by atoms with Crippen molar-refractivity contribution in [1.29, 1.82) is 0 Å². The first-order chi connectivity index (χ1) is 10.1. The molecule has 1 saturated heterocycles. The largest absolute Gasteiger partial charge is 0.365 e. The number of nitrogens with zero attached hydrogens (tertiary/aromatic N) is 1. The first-order valence-electron chi connectivity index (χ1n) is 8.72. The van der Waals surface area contributed by atoms with Crippen molar-refractivity contribution in [2.45, 2.75) is 64.6 Å². The monoisotopic (exact) mass is 332 g/mol. The highest BCUT2D eigenvalue weighted by Crippen LogP contribution is 2.27. The highest BCUT2D eigenvalue weighted by molar-refractivity contribution is 5.85. The van der Waals surface area contributed by atoms with Gasteiger partial charge in [0.05, 0.1) is 6.10 Å². The van der Waals surface area contributed by atoms with Crippen LogP contribution < -0.4 is 5.32 Å². The lowest BCUT2D eigenvalue weighted by Gasteiger charge is -2.31. The van der Waals surface area contributed by atoms with Crippen molar-refractivity contribution >= 4 is 18.3 Å². The van der Waals surface area contributed by atoms with Gasteiger partial charge in [-0.3, -0.25) is 4.79 Å². The van der Waals surface area contributed by atoms with Crippen LogP contribution >= 0.6 is 12.4 Å². The molecule has 1 aliphatic carbocycles. The van der Waals surface area contributed by atoms with Gasteiger partial charge in [0, 0.05) is 13.1 Å². The van der Waals surface area contributed by atoms with E-state index in [0.29, 0.717) is 12.0 Å². The van der Waals surface area contributed by atoms with Crippen molar-refractivity contribution < 1.29 is 9.53 Å². The Hall–Kier alpha value is -0.320. The summed E-state index contributed by atoms with van der Waals surface area (Å²) in [5.74, 6) is 1.56. The molecule has 0 aromatic rings. The maximum atomic E-state index is 12.7. The van der Waals surface area contributed by atoms with Crippen LogP contribution in [0.5, 0.6) is 0 Å². The van der Waals surface area contributed by atoms with Gasteiger partial charge in [0.2, 0.25) is 0 Å². The third kappa shape index (κ3) is 5.39. The van der Waals surface area contributed by atoms with Gasteiger partial charge in [0.1, 0.15) is 6.10 Å². The van der Waals surface area contributed by atoms with Crippen LogP contribution in [0, 0.1) is 11.8 Å². The highest BCUT2D eigenvalue weighted by Gasteiger charge is 2.32. The molecule has 0 bridgehead atoms. The molecule has 1 amide bonds. The summed E-state index contributed by atoms with van der Waals surface area (Å²) in [7, 11) is 1.98. The van der Waals surface area contributed by atoms with Gasteiger partial charge in [-0.05, 0) is 51.1 Å². The van der Waals surface area contributed by atoms with Gasteiger partial charge < -0.3 is 15.0 Å². The predicted molar refractivity (Wildman–Crippen MR) is 92.4 cm³/mol. The van der Waals surface area contributed by atoms with E-state index in [-0.39, 0.29) is 24.4 Å². The second-order valence-corrected chi connectivity index (χ2v) is 6.92. The summed E-state index contributed by atoms with van der Waals surface area (Å²) in [4.78, 5) is 14.7. The van der Waals surface area contributed by atoms with E-state index in [2.05, 4.69) is 19.2 Å². The van der Waals surface area contributed by atoms with E-state index < -0.39 is 0 Å². The molecule has 5 heteroatoms. The van der Waals surface area contributed by atoms with Gasteiger partial charge in [-0.1, -0.05) is 26.7 Å². The zero-order chi connectivity index (χ0) is 15.2. The molecule has 4 nitrogen and oxygen atoms in total. The number of halogens is 1. The van der Waals surface area contributed by atoms with Crippen LogP contribution in [0.4, 0.5) is 0 Å². The second-order valence-electron chi connectivity index (χ2n) is 6.92. The predicted octanol–water partition coefficient (Wildman–Crippen LogP) is 2.85. The molecule has 22 heavy (non-hydrogen) atoms. The molecule has 2 fully saturated rings. The van der Waals surface area contributed by atoms with Gasteiger partial charge in [0.15, 0.2) is 0 Å². The van der Waals surface area contributed by atoms with E-state index in [4.69, 9.17) is 4.74 Å². The second kappa shape index (κ2) is 9.74. The summed E-state index contributed by atoms with van der Waals surface area (Å²) in [5, 5.41) is 3.21. The quantitative estimate of drug-likeness (QED) is 0.813. The molecule has 2 aliphatic rings. The molecule has 4 atom stereocenters. The minimum atomic E-state index is -0.228. The number of amides is 1. The zero-order valence-corrected chi connectivity index (χ0v) is 15.2. The van der Waals surface area contributed by atoms with Gasteiger partial charge in [-0.25, -0.2) is 0 Å². The Morgan fingerprint density at radius 2 is 2.14 bits per heavy atom. The number of likely N-dealkylation sites (tertiary alicyclic amines) is 1. The average Bonchev–Trinajstić information content (AvgIpc) is 2.93. The fourth-order valence-electron chi connectivity index (χ4n) is 3.76. The summed E-state index contributed by atoms with van der Waals surface area (Å²) in [6, 6.07) is 0. The summed E-state index contributed by atoms with van der Waals surface area (Å²) >= 11 is 0. The van der Waals surface area contributed by atoms with Crippen LogP contribution in [0.3, 0.4) is 0 Å². The molecular formula is C17H33ClN2O2. The molecular weight excluding hydrogens is 300 g/mol. The van der Waals surface area contributed by atoms with E-state index in [9.17, 15) is 4.79 Å². The van der Waals surface area contributed by atoms with Crippen molar-refractivity contribution in [1.82, 2.24) is 10.2 Å². The van der Waals surface area contributed by atoms with Crippen molar-refractivity contribution in [3.05, 3.63) is 0 Å². The number of hydrogen-bond acceptors (Lipinski definition) is 3. The Bertz CT molecular complexity index is 341. The number of ether oxygens (including phenoxy) is 1. The fraction of sp³-hybridized carbons (Fsp3) is 0.941. The van der Waals surface area contributed by atoms with Crippen LogP contribution in [0.1, 0.15) is 52.4 Å². The Balaban J connectivity index is 0.00000242. The Kier molecular flexibility index (Phi) is 8.73. The normalized spacial score (nSPS) is 30.0. The SMILES string of the molecule is CCC(OC1CCCC(C)C1)C(=O)N1CCC(CNC)C1.Cl. The fourth-order valence-corrected chi connectivity index (χ4v) is 3.76. The van der Waals surface area contributed by atoms with E-state index in [1.807, 2.05) is 11.9 Å². The van der Waals surface area contributed by atoms with Crippen LogP contribution in [-0.4, -0.2) is 49.7 Å². The third-order valence-electron chi connectivity index (χ3n) is 4.98. The first-order valence-corrected chi connectivity index (χ1v) is 8.72. The summed E-state index contributed by atoms with van der Waals surface area (Å²) < 4.78 is 6.17. The molecule has 0 aromatic heterocycles. The molecule has 1 N–H and O–H groups in total. The lowest BCUT2D eigenvalue weighted by atomic mass is 9.88. The van der Waals surface area contributed by atoms with E-state index in [1.54, 1.807) is 0 Å². The minimum absolute atomic E-state index is 0. The standard InChI is InChI=1S/C17H32N2O2.ClH/c1-4-16(21-15-7-5-6-13(2)10-15)17(20)19-9-8-14(12-19)11-18-3;/h13-16,18H,4-12H2,1-3H3;1H. The van der Waals surface area contributed by atoms with Gasteiger partial charge in [-0.2, -0.15) is 0 Å². The number of hydrogen-bond donors (Lipinski definition) is 1. The number of rotatable bonds is 6. The number of carbonyl (C=O) groups is 1. The molecule has 0 spiro atoms. The van der Waals surface area contributed by atoms with Gasteiger partial charge >= 0.3 is 0 Å². The van der Waals surface area contributed by atoms with Crippen molar-refractivity contribution in [2.24, 2.45) is 11.8 Å². The van der Waals surface area contributed by atoms with Gasteiger partial charge in [0.25, 0.3) is 5.91 Å². The Morgan fingerprint density at radius 3 is 2.77 bits per heavy atom. The summed E-state index contributed by atoms with van der Waals surface area (Å²) in [6.07, 6.45) is 6.75.